The molecule has 5 heteroatoms. The highest BCUT2D eigenvalue weighted by molar-refractivity contribution is 5.97. The molecule has 1 aromatic rings. The normalized spacial score (nSPS) is 11.9. The predicted octanol–water partition coefficient (Wildman–Crippen LogP) is 1.16. The Balaban J connectivity index is 2.77. The van der Waals surface area contributed by atoms with E-state index in [1.54, 1.807) is 25.1 Å². The molecular weight excluding hydrogens is 230 g/mol. The maximum Gasteiger partial charge on any atom is 0.248 e. The molecule has 0 bridgehead atoms. The molecule has 0 saturated carbocycles. The number of carbonyl (C=O) groups excluding carboxylic acids is 2. The molecule has 0 aliphatic carbocycles. The molecule has 1 atom stereocenters. The van der Waals surface area contributed by atoms with E-state index in [0.717, 1.165) is 12.0 Å². The van der Waals surface area contributed by atoms with E-state index in [4.69, 9.17) is 11.5 Å². The number of amides is 2. The molecule has 0 aromatic heterocycles. The molecule has 0 radical (unpaired) electrons. The van der Waals surface area contributed by atoms with Gasteiger partial charge in [-0.3, -0.25) is 9.59 Å². The van der Waals surface area contributed by atoms with Crippen LogP contribution in [0.5, 0.6) is 0 Å². The van der Waals surface area contributed by atoms with Crippen LogP contribution >= 0.6 is 0 Å². The van der Waals surface area contributed by atoms with E-state index >= 15 is 0 Å². The molecule has 5 nitrogen and oxygen atoms in total. The minimum absolute atomic E-state index is 0.219. The third kappa shape index (κ3) is 3.56. The third-order valence-corrected chi connectivity index (χ3v) is 2.70. The van der Waals surface area contributed by atoms with Crippen LogP contribution in [0.2, 0.25) is 0 Å². The Morgan fingerprint density at radius 3 is 2.56 bits per heavy atom. The fourth-order valence-corrected chi connectivity index (χ4v) is 1.69. The summed E-state index contributed by atoms with van der Waals surface area (Å²) < 4.78 is 0. The second-order valence-corrected chi connectivity index (χ2v) is 4.28. The lowest BCUT2D eigenvalue weighted by atomic mass is 10.1. The Kier molecular flexibility index (Phi) is 4.85. The van der Waals surface area contributed by atoms with Gasteiger partial charge < -0.3 is 16.8 Å². The molecular formula is C13H19N3O2. The smallest absolute Gasteiger partial charge is 0.248 e. The van der Waals surface area contributed by atoms with Crippen LogP contribution in [0.1, 0.15) is 35.7 Å². The maximum absolute atomic E-state index is 11.7. The van der Waals surface area contributed by atoms with Gasteiger partial charge in [0, 0.05) is 11.3 Å². The summed E-state index contributed by atoms with van der Waals surface area (Å²) >= 11 is 0. The van der Waals surface area contributed by atoms with E-state index < -0.39 is 11.9 Å². The molecule has 2 amide bonds. The summed E-state index contributed by atoms with van der Waals surface area (Å²) in [6.07, 6.45) is 1.50. The fraction of sp³-hybridized carbons (Fsp3) is 0.385. The highest BCUT2D eigenvalue weighted by atomic mass is 16.2. The van der Waals surface area contributed by atoms with Gasteiger partial charge in [-0.1, -0.05) is 13.3 Å². The van der Waals surface area contributed by atoms with Crippen LogP contribution in [0.25, 0.3) is 0 Å². The van der Waals surface area contributed by atoms with Gasteiger partial charge in [-0.2, -0.15) is 0 Å². The number of benzene rings is 1. The summed E-state index contributed by atoms with van der Waals surface area (Å²) in [4.78, 5) is 22.8. The molecule has 18 heavy (non-hydrogen) atoms. The molecule has 0 aliphatic heterocycles. The van der Waals surface area contributed by atoms with Crippen LogP contribution < -0.4 is 16.8 Å². The summed E-state index contributed by atoms with van der Waals surface area (Å²) in [5.41, 5.74) is 12.7. The summed E-state index contributed by atoms with van der Waals surface area (Å²) in [6, 6.07) is 4.44. The van der Waals surface area contributed by atoms with Gasteiger partial charge in [-0.25, -0.2) is 0 Å². The average molecular weight is 249 g/mol. The molecule has 98 valence electrons. The van der Waals surface area contributed by atoms with Crippen LogP contribution in [-0.4, -0.2) is 17.9 Å². The number of nitrogens with two attached hydrogens (primary N) is 2. The highest BCUT2D eigenvalue weighted by Crippen LogP contribution is 2.15. The van der Waals surface area contributed by atoms with Gasteiger partial charge in [-0.05, 0) is 37.1 Å². The lowest BCUT2D eigenvalue weighted by Crippen LogP contribution is -2.35. The summed E-state index contributed by atoms with van der Waals surface area (Å²) in [5, 5.41) is 2.72. The van der Waals surface area contributed by atoms with Crippen molar-refractivity contribution in [3.05, 3.63) is 29.3 Å². The zero-order valence-corrected chi connectivity index (χ0v) is 10.7. The van der Waals surface area contributed by atoms with Crippen molar-refractivity contribution in [2.75, 3.05) is 5.32 Å². The first-order valence-electron chi connectivity index (χ1n) is 5.92. The summed E-state index contributed by atoms with van der Waals surface area (Å²) in [5.74, 6) is -0.698. The SMILES string of the molecule is CCCC(N)C(=O)Nc1ccc(C(N)=O)c(C)c1. The van der Waals surface area contributed by atoms with Gasteiger partial charge >= 0.3 is 0 Å². The number of hydrogen-bond donors (Lipinski definition) is 3. The van der Waals surface area contributed by atoms with Crippen LogP contribution in [0.15, 0.2) is 18.2 Å². The number of nitrogens with one attached hydrogen (secondary N) is 1. The zero-order valence-electron chi connectivity index (χ0n) is 10.7. The van der Waals surface area contributed by atoms with Gasteiger partial charge in [0.15, 0.2) is 0 Å². The van der Waals surface area contributed by atoms with Crippen molar-refractivity contribution in [1.29, 1.82) is 0 Å². The van der Waals surface area contributed by atoms with E-state index in [-0.39, 0.29) is 5.91 Å². The second-order valence-electron chi connectivity index (χ2n) is 4.28. The Hall–Kier alpha value is -1.88. The molecule has 1 unspecified atom stereocenters. The van der Waals surface area contributed by atoms with Gasteiger partial charge in [-0.15, -0.1) is 0 Å². The minimum atomic E-state index is -0.508. The third-order valence-electron chi connectivity index (χ3n) is 2.70. The standard InChI is InChI=1S/C13H19N3O2/c1-3-4-11(14)13(18)16-9-5-6-10(12(15)17)8(2)7-9/h5-7,11H,3-4,14H2,1-2H3,(H2,15,17)(H,16,18). The Bertz CT molecular complexity index is 458. The predicted molar refractivity (Wildman–Crippen MR) is 71.2 cm³/mol. The first-order valence-corrected chi connectivity index (χ1v) is 5.92. The first kappa shape index (κ1) is 14.2. The molecule has 1 aromatic carbocycles. The number of rotatable bonds is 5. The van der Waals surface area contributed by atoms with Gasteiger partial charge in [0.1, 0.15) is 0 Å². The monoisotopic (exact) mass is 249 g/mol. The Labute approximate surface area is 107 Å². The van der Waals surface area contributed by atoms with Crippen LogP contribution in [-0.2, 0) is 4.79 Å². The number of aryl methyl sites for hydroxylation is 1. The van der Waals surface area contributed by atoms with E-state index in [1.165, 1.54) is 0 Å². The second kappa shape index (κ2) is 6.16. The quantitative estimate of drug-likeness (QED) is 0.730. The van der Waals surface area contributed by atoms with E-state index in [0.29, 0.717) is 17.7 Å². The molecule has 0 aliphatic rings. The topological polar surface area (TPSA) is 98.2 Å². The van der Waals surface area contributed by atoms with Crippen molar-refractivity contribution in [3.63, 3.8) is 0 Å². The maximum atomic E-state index is 11.7. The molecule has 0 heterocycles. The Morgan fingerprint density at radius 2 is 2.06 bits per heavy atom. The summed E-state index contributed by atoms with van der Waals surface area (Å²) in [6.45, 7) is 3.74. The summed E-state index contributed by atoms with van der Waals surface area (Å²) in [7, 11) is 0. The van der Waals surface area contributed by atoms with Gasteiger partial charge in [0.2, 0.25) is 11.8 Å². The van der Waals surface area contributed by atoms with Crippen LogP contribution in [0.3, 0.4) is 0 Å². The van der Waals surface area contributed by atoms with Crippen molar-refractivity contribution < 1.29 is 9.59 Å². The number of primary amides is 1. The largest absolute Gasteiger partial charge is 0.366 e. The van der Waals surface area contributed by atoms with Crippen LogP contribution in [0.4, 0.5) is 5.69 Å². The number of anilines is 1. The van der Waals surface area contributed by atoms with E-state index in [2.05, 4.69) is 5.32 Å². The van der Waals surface area contributed by atoms with Gasteiger partial charge in [0.05, 0.1) is 6.04 Å². The average Bonchev–Trinajstić information content (AvgIpc) is 2.28. The lowest BCUT2D eigenvalue weighted by molar-refractivity contribution is -0.117. The highest BCUT2D eigenvalue weighted by Gasteiger charge is 2.13. The lowest BCUT2D eigenvalue weighted by Gasteiger charge is -2.12. The van der Waals surface area contributed by atoms with Crippen molar-refractivity contribution in [2.45, 2.75) is 32.7 Å². The van der Waals surface area contributed by atoms with Crippen molar-refractivity contribution >= 4 is 17.5 Å². The Morgan fingerprint density at radius 1 is 1.39 bits per heavy atom. The van der Waals surface area contributed by atoms with E-state index in [1.807, 2.05) is 6.92 Å². The van der Waals surface area contributed by atoms with Crippen molar-refractivity contribution in [2.24, 2.45) is 11.5 Å². The zero-order chi connectivity index (χ0) is 13.7. The van der Waals surface area contributed by atoms with Crippen molar-refractivity contribution in [1.82, 2.24) is 0 Å². The first-order chi connectivity index (χ1) is 8.45. The molecule has 0 saturated heterocycles. The van der Waals surface area contributed by atoms with E-state index in [9.17, 15) is 9.59 Å². The van der Waals surface area contributed by atoms with Gasteiger partial charge in [0.25, 0.3) is 0 Å². The minimum Gasteiger partial charge on any atom is -0.366 e. The molecule has 0 spiro atoms. The van der Waals surface area contributed by atoms with Crippen LogP contribution in [0, 0.1) is 6.92 Å². The molecule has 5 N–H and O–H groups in total. The fourth-order valence-electron chi connectivity index (χ4n) is 1.69. The molecule has 0 fully saturated rings. The number of hydrogen-bond acceptors (Lipinski definition) is 3. The molecule has 1 rings (SSSR count). The van der Waals surface area contributed by atoms with Crippen molar-refractivity contribution in [3.8, 4) is 0 Å². The number of carbonyl (C=O) groups is 2.